The van der Waals surface area contributed by atoms with Gasteiger partial charge in [0, 0.05) is 82.1 Å². The first-order valence-corrected chi connectivity index (χ1v) is 21.5. The highest BCUT2D eigenvalue weighted by atomic mass is 28.4. The third kappa shape index (κ3) is 12.0. The van der Waals surface area contributed by atoms with Crippen LogP contribution in [0.15, 0.2) is 0 Å². The van der Waals surface area contributed by atoms with Gasteiger partial charge in [-0.1, -0.05) is 43.4 Å². The van der Waals surface area contributed by atoms with Gasteiger partial charge in [-0.2, -0.15) is 0 Å². The molecule has 0 N–H and O–H groups in total. The van der Waals surface area contributed by atoms with Crippen LogP contribution in [0.25, 0.3) is 0 Å². The van der Waals surface area contributed by atoms with Crippen molar-refractivity contribution in [1.82, 2.24) is 0 Å². The summed E-state index contributed by atoms with van der Waals surface area (Å²) in [7, 11) is 3.31. The van der Waals surface area contributed by atoms with Gasteiger partial charge < -0.3 is 39.8 Å². The Morgan fingerprint density at radius 3 is 0.895 bits per heavy atom. The van der Waals surface area contributed by atoms with Gasteiger partial charge in [-0.25, -0.2) is 13.2 Å². The van der Waals surface area contributed by atoms with E-state index in [9.17, 15) is 13.2 Å². The molecular weight excluding hydrogens is 578 g/mol. The van der Waals surface area contributed by atoms with Gasteiger partial charge in [-0.15, -0.1) is 0 Å². The maximum atomic E-state index is 14.2. The normalized spacial score (nSPS) is 14.4. The molecule has 0 aliphatic carbocycles. The Morgan fingerprint density at radius 1 is 0.421 bits per heavy atom. The van der Waals surface area contributed by atoms with Gasteiger partial charge in [-0.3, -0.25) is 0 Å². The minimum absolute atomic E-state index is 0.173. The maximum absolute atomic E-state index is 14.2. The molecule has 0 aliphatic rings. The zero-order valence-corrected chi connectivity index (χ0v) is 28.7. The first-order chi connectivity index (χ1) is 18.0. The fourth-order valence-corrected chi connectivity index (χ4v) is 16.4. The molecular formula is C22H51F3O9Si4. The Bertz CT molecular complexity index is 513. The van der Waals surface area contributed by atoms with E-state index >= 15 is 0 Å². The van der Waals surface area contributed by atoms with Crippen LogP contribution in [0.1, 0.15) is 25.7 Å². The summed E-state index contributed by atoms with van der Waals surface area (Å²) in [6.45, 7) is 0. The molecule has 0 radical (unpaired) electrons. The maximum Gasteiger partial charge on any atom is 0.500 e. The molecule has 0 aromatic carbocycles. The Labute approximate surface area is 232 Å². The van der Waals surface area contributed by atoms with E-state index in [-0.39, 0.29) is 6.42 Å². The molecule has 0 fully saturated rings. The lowest BCUT2D eigenvalue weighted by atomic mass is 10.3. The largest absolute Gasteiger partial charge is 0.500 e. The minimum Gasteiger partial charge on any atom is -0.377 e. The van der Waals surface area contributed by atoms with Crippen LogP contribution in [0, 0.1) is 0 Å². The smallest absolute Gasteiger partial charge is 0.377 e. The van der Waals surface area contributed by atoms with Gasteiger partial charge in [-0.05, 0) is 6.42 Å². The van der Waals surface area contributed by atoms with E-state index in [0.29, 0.717) is 24.2 Å². The second-order valence-corrected chi connectivity index (χ2v) is 23.6. The van der Waals surface area contributed by atoms with Crippen molar-refractivity contribution >= 4 is 34.5 Å². The molecule has 0 heterocycles. The SMILES string of the molecule is CO[Si](CCC[Si](CCC[Si](OC)(OC)OC)(CCC[Si](OC)(OC)OC)CCC(F)C(F)F)(OC)OC. The zero-order valence-electron chi connectivity index (χ0n) is 24.7. The summed E-state index contributed by atoms with van der Waals surface area (Å²) < 4.78 is 90.7. The van der Waals surface area contributed by atoms with E-state index in [1.807, 2.05) is 0 Å². The lowest BCUT2D eigenvalue weighted by Gasteiger charge is -2.35. The van der Waals surface area contributed by atoms with Crippen molar-refractivity contribution in [1.29, 1.82) is 0 Å². The van der Waals surface area contributed by atoms with Crippen LogP contribution in [0.5, 0.6) is 0 Å². The van der Waals surface area contributed by atoms with Crippen LogP contribution in [0.4, 0.5) is 13.2 Å². The second kappa shape index (κ2) is 19.4. The van der Waals surface area contributed by atoms with Crippen molar-refractivity contribution in [2.24, 2.45) is 0 Å². The lowest BCUT2D eigenvalue weighted by Crippen LogP contribution is -2.45. The first-order valence-electron chi connectivity index (χ1n) is 12.9. The van der Waals surface area contributed by atoms with Gasteiger partial charge in [0.15, 0.2) is 6.17 Å². The minimum atomic E-state index is -3.00. The van der Waals surface area contributed by atoms with Crippen molar-refractivity contribution in [3.05, 3.63) is 0 Å². The Kier molecular flexibility index (Phi) is 19.6. The molecule has 9 nitrogen and oxygen atoms in total. The molecule has 0 amide bonds. The van der Waals surface area contributed by atoms with Crippen molar-refractivity contribution in [3.63, 3.8) is 0 Å². The summed E-state index contributed by atoms with van der Waals surface area (Å²) in [5.74, 6) is 0. The molecule has 0 bridgehead atoms. The topological polar surface area (TPSA) is 83.1 Å². The average Bonchev–Trinajstić information content (AvgIpc) is 2.95. The summed E-state index contributed by atoms with van der Waals surface area (Å²) in [5, 5.41) is 0. The number of rotatable bonds is 25. The van der Waals surface area contributed by atoms with Crippen LogP contribution in [-0.2, 0) is 39.8 Å². The molecule has 38 heavy (non-hydrogen) atoms. The second-order valence-electron chi connectivity index (χ2n) is 9.34. The van der Waals surface area contributed by atoms with Gasteiger partial charge in [0.1, 0.15) is 0 Å². The number of halogens is 3. The zero-order chi connectivity index (χ0) is 29.3. The molecule has 1 unspecified atom stereocenters. The van der Waals surface area contributed by atoms with Gasteiger partial charge in [0.2, 0.25) is 0 Å². The molecule has 230 valence electrons. The number of alkyl halides is 3. The molecule has 0 saturated heterocycles. The Morgan fingerprint density at radius 2 is 0.684 bits per heavy atom. The summed E-state index contributed by atoms with van der Waals surface area (Å²) in [5.41, 5.74) is 0. The van der Waals surface area contributed by atoms with E-state index in [1.54, 1.807) is 64.0 Å². The monoisotopic (exact) mass is 628 g/mol. The molecule has 0 saturated carbocycles. The quantitative estimate of drug-likeness (QED) is 0.126. The highest BCUT2D eigenvalue weighted by molar-refractivity contribution is 6.80. The fraction of sp³-hybridized carbons (Fsp3) is 1.00. The van der Waals surface area contributed by atoms with E-state index in [1.165, 1.54) is 0 Å². The van der Waals surface area contributed by atoms with Crippen LogP contribution in [0.3, 0.4) is 0 Å². The van der Waals surface area contributed by atoms with Crippen molar-refractivity contribution in [2.45, 2.75) is 80.6 Å². The van der Waals surface area contributed by atoms with Crippen LogP contribution in [0.2, 0.25) is 42.3 Å². The molecule has 16 heteroatoms. The number of hydrogen-bond acceptors (Lipinski definition) is 9. The van der Waals surface area contributed by atoms with Crippen molar-refractivity contribution < 1.29 is 53.0 Å². The van der Waals surface area contributed by atoms with Gasteiger partial charge >= 0.3 is 26.4 Å². The Balaban J connectivity index is 5.97. The van der Waals surface area contributed by atoms with Crippen molar-refractivity contribution in [2.75, 3.05) is 64.0 Å². The van der Waals surface area contributed by atoms with Gasteiger partial charge in [0.05, 0.1) is 8.07 Å². The van der Waals surface area contributed by atoms with Crippen LogP contribution < -0.4 is 0 Å². The number of hydrogen-bond donors (Lipinski definition) is 0. The lowest BCUT2D eigenvalue weighted by molar-refractivity contribution is 0.0479. The van der Waals surface area contributed by atoms with Crippen LogP contribution >= 0.6 is 0 Å². The predicted octanol–water partition coefficient (Wildman–Crippen LogP) is 5.23. The molecule has 0 aliphatic heterocycles. The highest BCUT2D eigenvalue weighted by Crippen LogP contribution is 2.37. The third-order valence-electron chi connectivity index (χ3n) is 7.59. The molecule has 0 rings (SSSR count). The average molecular weight is 629 g/mol. The first kappa shape index (κ1) is 38.3. The van der Waals surface area contributed by atoms with E-state index < -0.39 is 47.1 Å². The van der Waals surface area contributed by atoms with Crippen LogP contribution in [-0.4, -0.2) is 111 Å². The van der Waals surface area contributed by atoms with E-state index in [2.05, 4.69) is 0 Å². The third-order valence-corrected chi connectivity index (χ3v) is 21.7. The highest BCUT2D eigenvalue weighted by Gasteiger charge is 2.43. The molecule has 0 aromatic rings. The fourth-order valence-electron chi connectivity index (χ4n) is 5.03. The molecule has 0 aromatic heterocycles. The standard InChI is InChI=1S/C22H51F3O9Si4/c1-26-36(27-2,28-3)17-10-14-35(20-13-21(23)22(24)25,15-11-18-37(29-4,30-5)31-6)16-12-19-38(32-7,33-8)34-9/h21-22H,10-20H2,1-9H3. The summed E-state index contributed by atoms with van der Waals surface area (Å²) >= 11 is 0. The molecule has 1 atom stereocenters. The predicted molar refractivity (Wildman–Crippen MR) is 149 cm³/mol. The summed E-state index contributed by atoms with van der Waals surface area (Å²) in [4.78, 5) is 0. The van der Waals surface area contributed by atoms with Gasteiger partial charge in [0.25, 0.3) is 6.43 Å². The van der Waals surface area contributed by atoms with E-state index in [4.69, 9.17) is 39.8 Å². The van der Waals surface area contributed by atoms with Crippen molar-refractivity contribution in [3.8, 4) is 0 Å². The summed E-state index contributed by atoms with van der Waals surface area (Å²) in [6, 6.07) is 4.55. The molecule has 0 spiro atoms. The Hall–Kier alpha value is 0.298. The summed E-state index contributed by atoms with van der Waals surface area (Å²) in [6.07, 6.45) is -3.15. The van der Waals surface area contributed by atoms with E-state index in [0.717, 1.165) is 37.4 Å².